The number of rotatable bonds is 3. The van der Waals surface area contributed by atoms with Gasteiger partial charge in [-0.05, 0) is 37.3 Å². The molecule has 0 saturated carbocycles. The second-order valence-corrected chi connectivity index (χ2v) is 9.27. The van der Waals surface area contributed by atoms with Crippen LogP contribution in [-0.2, 0) is 9.84 Å². The van der Waals surface area contributed by atoms with Gasteiger partial charge < -0.3 is 9.80 Å². The summed E-state index contributed by atoms with van der Waals surface area (Å²) in [6, 6.07) is 3.59. The zero-order valence-corrected chi connectivity index (χ0v) is 15.1. The molecule has 0 N–H and O–H groups in total. The minimum absolute atomic E-state index is 0.0313. The van der Waals surface area contributed by atoms with Gasteiger partial charge in [-0.2, -0.15) is 0 Å². The highest BCUT2D eigenvalue weighted by atomic mass is 32.2. The van der Waals surface area contributed by atoms with Crippen LogP contribution in [0.4, 0.5) is 5.69 Å². The molecule has 2 aliphatic rings. The maximum absolute atomic E-state index is 12.7. The minimum Gasteiger partial charge on any atom is -0.370 e. The van der Waals surface area contributed by atoms with E-state index in [2.05, 4.69) is 11.9 Å². The van der Waals surface area contributed by atoms with Crippen LogP contribution >= 0.6 is 0 Å². The van der Waals surface area contributed by atoms with Gasteiger partial charge in [0.25, 0.3) is 5.91 Å². The first-order valence-electron chi connectivity index (χ1n) is 8.54. The SMILES string of the molecule is CC1CCN(C(=O)c2cc(N(C)C3CCS(=O)(=O)C3)ccn2)CC1. The average molecular weight is 351 g/mol. The van der Waals surface area contributed by atoms with Gasteiger partial charge in [0.05, 0.1) is 11.5 Å². The smallest absolute Gasteiger partial charge is 0.272 e. The lowest BCUT2D eigenvalue weighted by atomic mass is 9.99. The maximum atomic E-state index is 12.7. The van der Waals surface area contributed by atoms with Crippen LogP contribution in [-0.4, -0.2) is 61.9 Å². The van der Waals surface area contributed by atoms with E-state index in [1.165, 1.54) is 0 Å². The Morgan fingerprint density at radius 3 is 2.62 bits per heavy atom. The van der Waals surface area contributed by atoms with Gasteiger partial charge in [-0.15, -0.1) is 0 Å². The summed E-state index contributed by atoms with van der Waals surface area (Å²) >= 11 is 0. The molecule has 0 radical (unpaired) electrons. The van der Waals surface area contributed by atoms with E-state index in [1.54, 1.807) is 12.3 Å². The van der Waals surface area contributed by atoms with Gasteiger partial charge in [0, 0.05) is 38.1 Å². The van der Waals surface area contributed by atoms with Crippen molar-refractivity contribution in [1.82, 2.24) is 9.88 Å². The van der Waals surface area contributed by atoms with Gasteiger partial charge in [-0.3, -0.25) is 9.78 Å². The topological polar surface area (TPSA) is 70.6 Å². The number of aromatic nitrogens is 1. The third-order valence-electron chi connectivity index (χ3n) is 5.20. The largest absolute Gasteiger partial charge is 0.370 e. The monoisotopic (exact) mass is 351 g/mol. The molecule has 7 heteroatoms. The molecule has 0 aliphatic carbocycles. The molecule has 2 aliphatic heterocycles. The normalized spacial score (nSPS) is 24.1. The molecule has 3 rings (SSSR count). The van der Waals surface area contributed by atoms with Gasteiger partial charge in [0.1, 0.15) is 5.69 Å². The molecule has 24 heavy (non-hydrogen) atoms. The van der Waals surface area contributed by atoms with Gasteiger partial charge >= 0.3 is 0 Å². The molecule has 6 nitrogen and oxygen atoms in total. The number of pyridine rings is 1. The van der Waals surface area contributed by atoms with E-state index in [4.69, 9.17) is 0 Å². The predicted molar refractivity (Wildman–Crippen MR) is 94.0 cm³/mol. The highest BCUT2D eigenvalue weighted by Crippen LogP contribution is 2.24. The number of carbonyl (C=O) groups is 1. The Labute approximate surface area is 143 Å². The molecular formula is C17H25N3O3S. The van der Waals surface area contributed by atoms with Crippen molar-refractivity contribution in [3.05, 3.63) is 24.0 Å². The van der Waals surface area contributed by atoms with Crippen molar-refractivity contribution >= 4 is 21.4 Å². The molecule has 0 bridgehead atoms. The number of likely N-dealkylation sites (tertiary alicyclic amines) is 1. The van der Waals surface area contributed by atoms with Crippen molar-refractivity contribution < 1.29 is 13.2 Å². The minimum atomic E-state index is -2.93. The quantitative estimate of drug-likeness (QED) is 0.827. The molecule has 1 unspecified atom stereocenters. The molecule has 0 aromatic carbocycles. The molecule has 3 heterocycles. The summed E-state index contributed by atoms with van der Waals surface area (Å²) in [4.78, 5) is 20.7. The summed E-state index contributed by atoms with van der Waals surface area (Å²) in [5, 5.41) is 0. The van der Waals surface area contributed by atoms with Crippen LogP contribution in [0.1, 0.15) is 36.7 Å². The van der Waals surface area contributed by atoms with Crippen molar-refractivity contribution in [2.75, 3.05) is 36.5 Å². The second-order valence-electron chi connectivity index (χ2n) is 7.04. The predicted octanol–water partition coefficient (Wildman–Crippen LogP) is 1.58. The Morgan fingerprint density at radius 2 is 2.00 bits per heavy atom. The number of nitrogens with zero attached hydrogens (tertiary/aromatic N) is 3. The third-order valence-corrected chi connectivity index (χ3v) is 6.95. The lowest BCUT2D eigenvalue weighted by molar-refractivity contribution is 0.0691. The summed E-state index contributed by atoms with van der Waals surface area (Å²) in [6.45, 7) is 3.77. The first-order chi connectivity index (χ1) is 11.4. The number of sulfone groups is 1. The van der Waals surface area contributed by atoms with E-state index < -0.39 is 9.84 Å². The third kappa shape index (κ3) is 3.71. The van der Waals surface area contributed by atoms with Crippen LogP contribution in [0.5, 0.6) is 0 Å². The number of hydrogen-bond donors (Lipinski definition) is 0. The highest BCUT2D eigenvalue weighted by molar-refractivity contribution is 7.91. The van der Waals surface area contributed by atoms with Crippen LogP contribution in [0.2, 0.25) is 0 Å². The van der Waals surface area contributed by atoms with E-state index in [9.17, 15) is 13.2 Å². The Bertz CT molecular complexity index is 712. The molecule has 2 fully saturated rings. The van der Waals surface area contributed by atoms with Gasteiger partial charge in [0.2, 0.25) is 0 Å². The van der Waals surface area contributed by atoms with Crippen LogP contribution in [0, 0.1) is 5.92 Å². The van der Waals surface area contributed by atoms with Crippen LogP contribution in [0.25, 0.3) is 0 Å². The Hall–Kier alpha value is -1.63. The molecule has 2 saturated heterocycles. The standard InChI is InChI=1S/C17H25N3O3S/c1-13-4-8-20(9-5-13)17(21)16-11-14(3-7-18-16)19(2)15-6-10-24(22,23)12-15/h3,7,11,13,15H,4-6,8-10,12H2,1-2H3. The highest BCUT2D eigenvalue weighted by Gasteiger charge is 2.31. The van der Waals surface area contributed by atoms with Gasteiger partial charge in [-0.25, -0.2) is 8.42 Å². The van der Waals surface area contributed by atoms with Crippen LogP contribution in [0.3, 0.4) is 0 Å². The van der Waals surface area contributed by atoms with Crippen molar-refractivity contribution in [2.45, 2.75) is 32.2 Å². The molecule has 1 aromatic rings. The fourth-order valence-electron chi connectivity index (χ4n) is 3.42. The fourth-order valence-corrected chi connectivity index (χ4v) is 5.20. The fraction of sp³-hybridized carbons (Fsp3) is 0.647. The Balaban J connectivity index is 1.73. The van der Waals surface area contributed by atoms with E-state index in [1.807, 2.05) is 22.9 Å². The average Bonchev–Trinajstić information content (AvgIpc) is 2.94. The first kappa shape index (κ1) is 17.2. The first-order valence-corrected chi connectivity index (χ1v) is 10.4. The van der Waals surface area contributed by atoms with E-state index in [0.29, 0.717) is 18.0 Å². The Morgan fingerprint density at radius 1 is 1.29 bits per heavy atom. The van der Waals surface area contributed by atoms with E-state index >= 15 is 0 Å². The van der Waals surface area contributed by atoms with Crippen molar-refractivity contribution in [2.24, 2.45) is 5.92 Å². The second kappa shape index (κ2) is 6.70. The molecule has 1 atom stereocenters. The van der Waals surface area contributed by atoms with Crippen molar-refractivity contribution in [3.63, 3.8) is 0 Å². The zero-order valence-electron chi connectivity index (χ0n) is 14.3. The van der Waals surface area contributed by atoms with Crippen LogP contribution < -0.4 is 4.90 Å². The molecular weight excluding hydrogens is 326 g/mol. The number of anilines is 1. The lowest BCUT2D eigenvalue weighted by Gasteiger charge is -2.30. The van der Waals surface area contributed by atoms with Gasteiger partial charge in [0.15, 0.2) is 9.84 Å². The lowest BCUT2D eigenvalue weighted by Crippen LogP contribution is -2.38. The van der Waals surface area contributed by atoms with Crippen LogP contribution in [0.15, 0.2) is 18.3 Å². The number of amides is 1. The summed E-state index contributed by atoms with van der Waals surface area (Å²) in [6.07, 6.45) is 4.33. The molecule has 0 spiro atoms. The summed E-state index contributed by atoms with van der Waals surface area (Å²) < 4.78 is 23.4. The van der Waals surface area contributed by atoms with Gasteiger partial charge in [-0.1, -0.05) is 6.92 Å². The molecule has 1 aromatic heterocycles. The van der Waals surface area contributed by atoms with Crippen molar-refractivity contribution in [1.29, 1.82) is 0 Å². The summed E-state index contributed by atoms with van der Waals surface area (Å²) in [5.74, 6) is 1.06. The zero-order chi connectivity index (χ0) is 17.3. The van der Waals surface area contributed by atoms with E-state index in [0.717, 1.165) is 31.6 Å². The summed E-state index contributed by atoms with van der Waals surface area (Å²) in [7, 11) is -1.04. The molecule has 132 valence electrons. The maximum Gasteiger partial charge on any atom is 0.272 e. The molecule has 1 amide bonds. The Kier molecular flexibility index (Phi) is 4.80. The van der Waals surface area contributed by atoms with E-state index in [-0.39, 0.29) is 23.5 Å². The number of carbonyl (C=O) groups excluding carboxylic acids is 1. The summed E-state index contributed by atoms with van der Waals surface area (Å²) in [5.41, 5.74) is 1.29. The number of hydrogen-bond acceptors (Lipinski definition) is 5. The number of piperidine rings is 1. The van der Waals surface area contributed by atoms with Crippen molar-refractivity contribution in [3.8, 4) is 0 Å².